The number of benzene rings is 7. The number of fused-ring (bicyclic) bond motifs is 8. The van der Waals surface area contributed by atoms with Crippen molar-refractivity contribution in [2.75, 3.05) is 0 Å². The zero-order valence-electron chi connectivity index (χ0n) is 43.9. The minimum absolute atomic E-state index is 0.0339. The first-order valence-electron chi connectivity index (χ1n) is 25.9. The highest BCUT2D eigenvalue weighted by Gasteiger charge is 2.53. The van der Waals surface area contributed by atoms with E-state index in [1.807, 2.05) is 58.0 Å². The molecule has 0 bridgehead atoms. The van der Waals surface area contributed by atoms with E-state index < -0.39 is 56.9 Å². The molecule has 0 radical (unpaired) electrons. The van der Waals surface area contributed by atoms with Crippen LogP contribution >= 0.6 is 22.7 Å². The quantitative estimate of drug-likeness (QED) is 0.0713. The maximum absolute atomic E-state index is 15.0. The number of hydrogen-bond donors (Lipinski definition) is 0. The van der Waals surface area contributed by atoms with E-state index in [-0.39, 0.29) is 44.5 Å². The molecule has 4 aliphatic carbocycles. The Morgan fingerprint density at radius 1 is 0.451 bits per heavy atom. The van der Waals surface area contributed by atoms with Gasteiger partial charge in [0, 0.05) is 52.9 Å². The van der Waals surface area contributed by atoms with Crippen molar-refractivity contribution in [3.8, 4) is 39.1 Å². The molecule has 82 heavy (non-hydrogen) atoms. The molecule has 6 nitrogen and oxygen atoms in total. The Morgan fingerprint density at radius 2 is 0.780 bits per heavy atom. The summed E-state index contributed by atoms with van der Waals surface area (Å²) in [6.45, 7) is 16.0. The topological polar surface area (TPSA) is 110 Å². The highest BCUT2D eigenvalue weighted by Crippen LogP contribution is 2.65. The van der Waals surface area contributed by atoms with Gasteiger partial charge in [-0.15, -0.1) is 22.7 Å². The number of nitriles is 3. The first kappa shape index (κ1) is 51.4. The average molecular weight is 1110 g/mol. The van der Waals surface area contributed by atoms with Crippen LogP contribution in [0.4, 0.5) is 17.6 Å². The lowest BCUT2D eigenvalue weighted by Gasteiger charge is -2.35. The van der Waals surface area contributed by atoms with E-state index in [2.05, 4.69) is 114 Å². The number of aryl methyl sites for hydroxylation is 4. The van der Waals surface area contributed by atoms with E-state index in [1.54, 1.807) is 12.2 Å². The van der Waals surface area contributed by atoms with Crippen molar-refractivity contribution < 1.29 is 27.2 Å². The molecule has 0 fully saturated rings. The molecule has 0 spiro atoms. The van der Waals surface area contributed by atoms with Crippen LogP contribution in [0.5, 0.6) is 0 Å². The maximum atomic E-state index is 15.0. The molecule has 2 aromatic heterocycles. The monoisotopic (exact) mass is 1110 g/mol. The molecule has 13 rings (SSSR count). The number of nitrogens with zero attached hydrogens (tertiary/aromatic N) is 4. The van der Waals surface area contributed by atoms with Gasteiger partial charge in [-0.3, -0.25) is 9.59 Å². The third-order valence-corrected chi connectivity index (χ3v) is 18.6. The number of carbonyl (C=O) groups is 2. The van der Waals surface area contributed by atoms with E-state index in [1.165, 1.54) is 22.7 Å². The smallest absolute Gasteiger partial charge is 0.270 e. The molecular weight excluding hydrogens is 1070 g/mol. The Labute approximate surface area is 476 Å². The van der Waals surface area contributed by atoms with Crippen LogP contribution in [-0.2, 0) is 10.8 Å². The lowest BCUT2D eigenvalue weighted by molar-refractivity contribution is 0.103. The molecule has 0 unspecified atom stereocenters. The minimum atomic E-state index is -1.24. The van der Waals surface area contributed by atoms with Crippen molar-refractivity contribution >= 4 is 57.5 Å². The number of rotatable bonds is 6. The minimum Gasteiger partial charge on any atom is -0.289 e. The molecule has 0 atom stereocenters. The first-order chi connectivity index (χ1) is 39.5. The van der Waals surface area contributed by atoms with Gasteiger partial charge in [-0.25, -0.2) is 27.7 Å². The zero-order chi connectivity index (χ0) is 57.3. The van der Waals surface area contributed by atoms with Crippen LogP contribution in [-0.4, -0.2) is 11.6 Å². The highest BCUT2D eigenvalue weighted by atomic mass is 32.1. The molecule has 0 saturated carbocycles. The molecule has 12 heteroatoms. The summed E-state index contributed by atoms with van der Waals surface area (Å²) in [6, 6.07) is 51.1. The van der Waals surface area contributed by atoms with E-state index in [0.717, 1.165) is 112 Å². The number of thiophene rings is 2. The van der Waals surface area contributed by atoms with Crippen LogP contribution in [0.1, 0.15) is 108 Å². The second kappa shape index (κ2) is 18.8. The third-order valence-electron chi connectivity index (χ3n) is 16.4. The van der Waals surface area contributed by atoms with Gasteiger partial charge in [0.1, 0.15) is 17.7 Å². The Bertz CT molecular complexity index is 4290. The zero-order valence-corrected chi connectivity index (χ0v) is 45.6. The van der Waals surface area contributed by atoms with Crippen molar-refractivity contribution in [2.45, 2.75) is 38.5 Å². The Morgan fingerprint density at radius 3 is 1.11 bits per heavy atom. The van der Waals surface area contributed by atoms with Crippen LogP contribution in [0.15, 0.2) is 168 Å². The number of hydrogen-bond acceptors (Lipinski definition) is 7. The van der Waals surface area contributed by atoms with E-state index in [0.29, 0.717) is 9.75 Å². The van der Waals surface area contributed by atoms with Crippen molar-refractivity contribution in [3.63, 3.8) is 0 Å². The third kappa shape index (κ3) is 7.26. The predicted octanol–water partition coefficient (Wildman–Crippen LogP) is 16.8. The van der Waals surface area contributed by atoms with E-state index in [9.17, 15) is 42.9 Å². The van der Waals surface area contributed by atoms with E-state index in [4.69, 9.17) is 6.57 Å². The second-order valence-corrected chi connectivity index (χ2v) is 23.2. The van der Waals surface area contributed by atoms with Gasteiger partial charge in [-0.05, 0) is 155 Å². The number of halogens is 4. The van der Waals surface area contributed by atoms with Gasteiger partial charge >= 0.3 is 0 Å². The summed E-state index contributed by atoms with van der Waals surface area (Å²) in [6.07, 6.45) is 3.23. The molecule has 4 aliphatic rings. The molecule has 390 valence electrons. The normalized spacial score (nSPS) is 16.2. The maximum Gasteiger partial charge on any atom is 0.270 e. The van der Waals surface area contributed by atoms with Crippen LogP contribution in [0, 0.1) is 91.5 Å². The van der Waals surface area contributed by atoms with Gasteiger partial charge < -0.3 is 0 Å². The Hall–Kier alpha value is -10.1. The van der Waals surface area contributed by atoms with Crippen molar-refractivity contribution in [1.29, 1.82) is 15.8 Å². The highest BCUT2D eigenvalue weighted by molar-refractivity contribution is 7.17. The fourth-order valence-corrected chi connectivity index (χ4v) is 15.0. The van der Waals surface area contributed by atoms with Crippen LogP contribution in [0.3, 0.4) is 0 Å². The number of allylic oxidation sites excluding steroid dienone is 6. The fraction of sp³-hybridized carbons (Fsp3) is 0.0857. The first-order valence-corrected chi connectivity index (χ1v) is 27.5. The number of ketones is 2. The summed E-state index contributed by atoms with van der Waals surface area (Å²) < 4.78 is 59.7. The van der Waals surface area contributed by atoms with Gasteiger partial charge in [0.15, 0.2) is 34.8 Å². The fourth-order valence-electron chi connectivity index (χ4n) is 12.6. The Kier molecular flexibility index (Phi) is 11.8. The summed E-state index contributed by atoms with van der Waals surface area (Å²) in [5, 5.41) is 30.7. The molecule has 2 heterocycles. The second-order valence-electron chi connectivity index (χ2n) is 21.0. The van der Waals surface area contributed by atoms with Gasteiger partial charge in [0.2, 0.25) is 0 Å². The molecule has 0 aliphatic heterocycles. The van der Waals surface area contributed by atoms with Crippen molar-refractivity contribution in [1.82, 2.24) is 0 Å². The molecule has 0 N–H and O–H groups in total. The molecule has 0 amide bonds. The van der Waals surface area contributed by atoms with Crippen LogP contribution < -0.4 is 0 Å². The summed E-state index contributed by atoms with van der Waals surface area (Å²) in [7, 11) is 0. The summed E-state index contributed by atoms with van der Waals surface area (Å²) in [5.74, 6) is -6.21. The van der Waals surface area contributed by atoms with Crippen molar-refractivity contribution in [2.24, 2.45) is 0 Å². The molecule has 0 saturated heterocycles. The van der Waals surface area contributed by atoms with Gasteiger partial charge in [0.25, 0.3) is 5.70 Å². The summed E-state index contributed by atoms with van der Waals surface area (Å²) in [5.41, 5.74) is 9.80. The van der Waals surface area contributed by atoms with Gasteiger partial charge in [-0.1, -0.05) is 119 Å². The van der Waals surface area contributed by atoms with Gasteiger partial charge in [-0.2, -0.15) is 10.5 Å². The standard InChI is InChI=1S/C70H38F4N4O2S2/c1-35-6-14-40(15-7-35)69(41-16-8-36(2)9-17-41)54-27-51-55(26-50(54)67-56(69)24-44(81-67)22-52-63(39(32-75)33-76)46-28-58(71)60(73)30-48(46)65(52)79)70(42-18-10-37(3)11-19-42,43-20-12-38(4)13-21-43)57-25-45(82-68(51)57)23-53-64(62(34-77)78-5)47-29-59(72)61(74)31-49(47)66(53)80/h6-31H,1-4H3/b52-22-,53-23-,64-62?. The van der Waals surface area contributed by atoms with Crippen molar-refractivity contribution in [3.05, 3.63) is 301 Å². The summed E-state index contributed by atoms with van der Waals surface area (Å²) >= 11 is 2.84. The van der Waals surface area contributed by atoms with Gasteiger partial charge in [0.05, 0.1) is 23.5 Å². The average Bonchev–Trinajstić information content (AvgIpc) is 2.09. The molecule has 7 aromatic carbocycles. The number of carbonyl (C=O) groups excluding carboxylic acids is 2. The largest absolute Gasteiger partial charge is 0.289 e. The lowest BCUT2D eigenvalue weighted by Crippen LogP contribution is -2.30. The Balaban J connectivity index is 1.13. The predicted molar refractivity (Wildman–Crippen MR) is 310 cm³/mol. The molecule has 9 aromatic rings. The number of Topliss-reactive ketones (excluding diaryl/α,β-unsaturated/α-hetero) is 2. The summed E-state index contributed by atoms with van der Waals surface area (Å²) in [4.78, 5) is 35.2. The molecular formula is C70H38F4N4O2S2. The lowest BCUT2D eigenvalue weighted by atomic mass is 9.65. The van der Waals surface area contributed by atoms with E-state index >= 15 is 0 Å². The SMILES string of the molecule is [C-]#[N+]C(C#N)=C1/C(=C/c2cc3c(s2)-c2cc4c(cc2C3(c2ccc(C)cc2)c2ccc(C)cc2)-c2sc(/C=C3\C(=O)c5cc(F)c(F)cc5C3=C(C#N)C#N)cc2C4(c2ccc(C)cc2)c2ccc(C)cc2)C(=O)c2cc(F)c(F)cc21. The van der Waals surface area contributed by atoms with Crippen LogP contribution in [0.25, 0.3) is 49.0 Å². The van der Waals surface area contributed by atoms with Crippen LogP contribution in [0.2, 0.25) is 0 Å².